The Bertz CT molecular complexity index is 828. The summed E-state index contributed by atoms with van der Waals surface area (Å²) >= 11 is 6.05. The van der Waals surface area contributed by atoms with Gasteiger partial charge in [0.05, 0.1) is 12.1 Å². The third-order valence-corrected chi connectivity index (χ3v) is 3.87. The van der Waals surface area contributed by atoms with E-state index in [4.69, 9.17) is 16.0 Å². The Morgan fingerprint density at radius 1 is 1.17 bits per heavy atom. The molecule has 5 heteroatoms. The van der Waals surface area contributed by atoms with Crippen molar-refractivity contribution in [3.63, 3.8) is 0 Å². The lowest BCUT2D eigenvalue weighted by atomic mass is 10.2. The van der Waals surface area contributed by atoms with Crippen LogP contribution in [0.2, 0.25) is 5.02 Å². The van der Waals surface area contributed by atoms with Crippen molar-refractivity contribution >= 4 is 23.2 Å². The minimum absolute atomic E-state index is 0.141. The van der Waals surface area contributed by atoms with E-state index in [-0.39, 0.29) is 12.3 Å². The number of aromatic nitrogens is 1. The molecule has 0 unspecified atom stereocenters. The number of hydrogen-bond acceptors (Lipinski definition) is 3. The lowest BCUT2D eigenvalue weighted by Crippen LogP contribution is -2.15. The van der Waals surface area contributed by atoms with Gasteiger partial charge in [0.2, 0.25) is 11.8 Å². The number of amides is 1. The molecule has 0 atom stereocenters. The van der Waals surface area contributed by atoms with Crippen LogP contribution in [0.25, 0.3) is 11.5 Å². The summed E-state index contributed by atoms with van der Waals surface area (Å²) in [5.41, 5.74) is 3.01. The van der Waals surface area contributed by atoms with Crippen molar-refractivity contribution < 1.29 is 9.21 Å². The van der Waals surface area contributed by atoms with Gasteiger partial charge in [-0.2, -0.15) is 0 Å². The van der Waals surface area contributed by atoms with Crippen molar-refractivity contribution in [2.45, 2.75) is 13.3 Å². The molecule has 23 heavy (non-hydrogen) atoms. The third kappa shape index (κ3) is 3.60. The van der Waals surface area contributed by atoms with E-state index in [2.05, 4.69) is 10.3 Å². The van der Waals surface area contributed by atoms with Crippen LogP contribution in [0.4, 0.5) is 5.69 Å². The Hall–Kier alpha value is -2.59. The maximum absolute atomic E-state index is 12.2. The number of carbonyl (C=O) groups excluding carboxylic acids is 1. The highest BCUT2D eigenvalue weighted by molar-refractivity contribution is 6.31. The molecule has 3 rings (SSSR count). The van der Waals surface area contributed by atoms with E-state index < -0.39 is 0 Å². The number of nitrogens with zero attached hydrogens (tertiary/aromatic N) is 1. The second-order valence-corrected chi connectivity index (χ2v) is 5.55. The monoisotopic (exact) mass is 326 g/mol. The van der Waals surface area contributed by atoms with Gasteiger partial charge in [-0.25, -0.2) is 4.98 Å². The standard InChI is InChI=1S/C18H15ClN2O2/c1-12-15(19)8-5-9-16(12)21-17(22)10-14-11-23-18(20-14)13-6-3-2-4-7-13/h2-9,11H,10H2,1H3,(H,21,22). The van der Waals surface area contributed by atoms with Gasteiger partial charge >= 0.3 is 0 Å². The molecule has 0 bridgehead atoms. The van der Waals surface area contributed by atoms with Crippen molar-refractivity contribution in [2.24, 2.45) is 0 Å². The van der Waals surface area contributed by atoms with Gasteiger partial charge in [0.15, 0.2) is 0 Å². The molecule has 0 saturated heterocycles. The van der Waals surface area contributed by atoms with Crippen LogP contribution in [0.15, 0.2) is 59.2 Å². The molecule has 0 aliphatic carbocycles. The molecule has 1 N–H and O–H groups in total. The molecule has 116 valence electrons. The zero-order valence-electron chi connectivity index (χ0n) is 12.5. The molecule has 1 amide bonds. The van der Waals surface area contributed by atoms with E-state index in [1.54, 1.807) is 12.1 Å². The van der Waals surface area contributed by atoms with E-state index in [0.717, 1.165) is 11.1 Å². The van der Waals surface area contributed by atoms with E-state index in [1.165, 1.54) is 6.26 Å². The highest BCUT2D eigenvalue weighted by Crippen LogP contribution is 2.23. The van der Waals surface area contributed by atoms with E-state index in [1.807, 2.05) is 43.3 Å². The Morgan fingerprint density at radius 2 is 1.96 bits per heavy atom. The first-order valence-electron chi connectivity index (χ1n) is 7.18. The van der Waals surface area contributed by atoms with Crippen LogP contribution in [-0.2, 0) is 11.2 Å². The molecular weight excluding hydrogens is 312 g/mol. The van der Waals surface area contributed by atoms with Gasteiger partial charge in [0.25, 0.3) is 0 Å². The largest absolute Gasteiger partial charge is 0.444 e. The quantitative estimate of drug-likeness (QED) is 0.768. The van der Waals surface area contributed by atoms with Gasteiger partial charge in [-0.3, -0.25) is 4.79 Å². The Morgan fingerprint density at radius 3 is 2.74 bits per heavy atom. The molecular formula is C18H15ClN2O2. The molecule has 0 spiro atoms. The average molecular weight is 327 g/mol. The lowest BCUT2D eigenvalue weighted by Gasteiger charge is -2.08. The Kier molecular flexibility index (Phi) is 4.44. The first-order chi connectivity index (χ1) is 11.1. The van der Waals surface area contributed by atoms with Gasteiger partial charge < -0.3 is 9.73 Å². The molecule has 0 aliphatic heterocycles. The van der Waals surface area contributed by atoms with Gasteiger partial charge in [-0.05, 0) is 36.8 Å². The Balaban J connectivity index is 1.69. The number of hydrogen-bond donors (Lipinski definition) is 1. The fourth-order valence-electron chi connectivity index (χ4n) is 2.20. The minimum Gasteiger partial charge on any atom is -0.444 e. The van der Waals surface area contributed by atoms with Crippen molar-refractivity contribution in [3.8, 4) is 11.5 Å². The van der Waals surface area contributed by atoms with Gasteiger partial charge in [-0.1, -0.05) is 35.9 Å². The second-order valence-electron chi connectivity index (χ2n) is 5.15. The fourth-order valence-corrected chi connectivity index (χ4v) is 2.38. The summed E-state index contributed by atoms with van der Waals surface area (Å²) in [6, 6.07) is 15.0. The summed E-state index contributed by atoms with van der Waals surface area (Å²) in [5.74, 6) is 0.343. The highest BCUT2D eigenvalue weighted by Gasteiger charge is 2.12. The first kappa shape index (κ1) is 15.3. The molecule has 0 fully saturated rings. The molecule has 1 aromatic heterocycles. The van der Waals surface area contributed by atoms with Crippen LogP contribution in [0.1, 0.15) is 11.3 Å². The predicted octanol–water partition coefficient (Wildman–Crippen LogP) is 4.48. The average Bonchev–Trinajstić information content (AvgIpc) is 3.01. The topological polar surface area (TPSA) is 55.1 Å². The second kappa shape index (κ2) is 6.67. The summed E-state index contributed by atoms with van der Waals surface area (Å²) in [7, 11) is 0. The number of benzene rings is 2. The zero-order valence-corrected chi connectivity index (χ0v) is 13.3. The van der Waals surface area contributed by atoms with Crippen molar-refractivity contribution in [1.82, 2.24) is 4.98 Å². The fraction of sp³-hybridized carbons (Fsp3) is 0.111. The molecule has 0 saturated carbocycles. The van der Waals surface area contributed by atoms with Crippen LogP contribution < -0.4 is 5.32 Å². The number of rotatable bonds is 4. The lowest BCUT2D eigenvalue weighted by molar-refractivity contribution is -0.115. The smallest absolute Gasteiger partial charge is 0.230 e. The third-order valence-electron chi connectivity index (χ3n) is 3.46. The number of nitrogens with one attached hydrogen (secondary N) is 1. The molecule has 0 aliphatic rings. The molecule has 2 aromatic carbocycles. The van der Waals surface area contributed by atoms with Crippen LogP contribution in [0.5, 0.6) is 0 Å². The normalized spacial score (nSPS) is 10.5. The summed E-state index contributed by atoms with van der Waals surface area (Å²) in [6.45, 7) is 1.86. The number of halogens is 1. The Labute approximate surface area is 139 Å². The molecule has 4 nitrogen and oxygen atoms in total. The van der Waals surface area contributed by atoms with Gasteiger partial charge in [0.1, 0.15) is 6.26 Å². The predicted molar refractivity (Wildman–Crippen MR) is 90.5 cm³/mol. The van der Waals surface area contributed by atoms with E-state index in [9.17, 15) is 4.79 Å². The summed E-state index contributed by atoms with van der Waals surface area (Å²) in [6.07, 6.45) is 1.65. The van der Waals surface area contributed by atoms with E-state index >= 15 is 0 Å². The minimum atomic E-state index is -0.164. The SMILES string of the molecule is Cc1c(Cl)cccc1NC(=O)Cc1coc(-c2ccccc2)n1. The van der Waals surface area contributed by atoms with Crippen molar-refractivity contribution in [1.29, 1.82) is 0 Å². The van der Waals surface area contributed by atoms with Crippen LogP contribution in [0, 0.1) is 6.92 Å². The van der Waals surface area contributed by atoms with Crippen LogP contribution in [-0.4, -0.2) is 10.9 Å². The van der Waals surface area contributed by atoms with Crippen LogP contribution in [0.3, 0.4) is 0 Å². The maximum atomic E-state index is 12.2. The number of anilines is 1. The summed E-state index contributed by atoms with van der Waals surface area (Å²) < 4.78 is 5.43. The summed E-state index contributed by atoms with van der Waals surface area (Å²) in [5, 5.41) is 3.46. The molecule has 0 radical (unpaired) electrons. The number of carbonyl (C=O) groups is 1. The molecule has 1 heterocycles. The van der Waals surface area contributed by atoms with Crippen molar-refractivity contribution in [3.05, 3.63) is 71.1 Å². The van der Waals surface area contributed by atoms with Gasteiger partial charge in [0, 0.05) is 16.3 Å². The summed E-state index contributed by atoms with van der Waals surface area (Å²) in [4.78, 5) is 16.5. The highest BCUT2D eigenvalue weighted by atomic mass is 35.5. The first-order valence-corrected chi connectivity index (χ1v) is 7.56. The molecule has 3 aromatic rings. The van der Waals surface area contributed by atoms with Gasteiger partial charge in [-0.15, -0.1) is 0 Å². The van der Waals surface area contributed by atoms with E-state index in [0.29, 0.717) is 22.3 Å². The van der Waals surface area contributed by atoms with Crippen molar-refractivity contribution in [2.75, 3.05) is 5.32 Å². The maximum Gasteiger partial charge on any atom is 0.230 e. The number of oxazole rings is 1. The van der Waals surface area contributed by atoms with Crippen LogP contribution >= 0.6 is 11.6 Å². The zero-order chi connectivity index (χ0) is 16.2.